The Kier molecular flexibility index (Phi) is 3.09. The molecule has 2 saturated heterocycles. The second-order valence-electron chi connectivity index (χ2n) is 5.20. The highest BCUT2D eigenvalue weighted by Gasteiger charge is 2.51. The number of carbonyl (C=O) groups excluding carboxylic acids is 1. The molecule has 0 radical (unpaired) electrons. The predicted octanol–water partition coefficient (Wildman–Crippen LogP) is 2.53. The van der Waals surface area contributed by atoms with Gasteiger partial charge >= 0.3 is 5.97 Å². The fraction of sp³-hybridized carbons (Fsp3) is 0.429. The van der Waals surface area contributed by atoms with Gasteiger partial charge < -0.3 is 10.0 Å². The van der Waals surface area contributed by atoms with Crippen molar-refractivity contribution in [3.8, 4) is 0 Å². The standard InChI is InChI=1S/C14H14BrNO3/c15-9-3-1-2-8(6-9)13(17)16-10-4-5-12(16)11(7-10)14(18)19/h1-3,6,10-12H,4-5,7H2,(H,18,19). The van der Waals surface area contributed by atoms with Crippen molar-refractivity contribution in [2.45, 2.75) is 31.3 Å². The van der Waals surface area contributed by atoms with Crippen molar-refractivity contribution in [2.75, 3.05) is 0 Å². The fourth-order valence-electron chi connectivity index (χ4n) is 3.34. The molecule has 0 saturated carbocycles. The van der Waals surface area contributed by atoms with Crippen LogP contribution in [0.1, 0.15) is 29.6 Å². The van der Waals surface area contributed by atoms with E-state index in [2.05, 4.69) is 15.9 Å². The van der Waals surface area contributed by atoms with E-state index in [0.29, 0.717) is 12.0 Å². The van der Waals surface area contributed by atoms with Crippen LogP contribution in [0.25, 0.3) is 0 Å². The smallest absolute Gasteiger partial charge is 0.308 e. The molecular formula is C14H14BrNO3. The Balaban J connectivity index is 1.87. The summed E-state index contributed by atoms with van der Waals surface area (Å²) >= 11 is 3.36. The molecule has 2 heterocycles. The quantitative estimate of drug-likeness (QED) is 0.909. The molecule has 5 heteroatoms. The van der Waals surface area contributed by atoms with Gasteiger partial charge in [-0.3, -0.25) is 9.59 Å². The first-order chi connectivity index (χ1) is 9.08. The van der Waals surface area contributed by atoms with Crippen molar-refractivity contribution >= 4 is 27.8 Å². The van der Waals surface area contributed by atoms with Crippen molar-refractivity contribution in [3.63, 3.8) is 0 Å². The minimum Gasteiger partial charge on any atom is -0.481 e. The molecule has 4 nitrogen and oxygen atoms in total. The zero-order chi connectivity index (χ0) is 13.6. The SMILES string of the molecule is O=C(O)C1CC2CCC1N2C(=O)c1cccc(Br)c1. The number of aliphatic carboxylic acids is 1. The molecule has 3 rings (SSSR count). The normalized spacial score (nSPS) is 28.7. The Labute approximate surface area is 119 Å². The molecule has 3 atom stereocenters. The summed E-state index contributed by atoms with van der Waals surface area (Å²) in [4.78, 5) is 25.5. The Bertz CT molecular complexity index is 545. The third-order valence-corrected chi connectivity index (χ3v) is 4.65. The van der Waals surface area contributed by atoms with Gasteiger partial charge in [0.15, 0.2) is 0 Å². The Morgan fingerprint density at radius 2 is 2.11 bits per heavy atom. The molecule has 19 heavy (non-hydrogen) atoms. The Hall–Kier alpha value is -1.36. The second kappa shape index (κ2) is 4.63. The third-order valence-electron chi connectivity index (χ3n) is 4.16. The Morgan fingerprint density at radius 1 is 1.32 bits per heavy atom. The topological polar surface area (TPSA) is 57.6 Å². The molecular weight excluding hydrogens is 310 g/mol. The maximum Gasteiger partial charge on any atom is 0.308 e. The summed E-state index contributed by atoms with van der Waals surface area (Å²) < 4.78 is 0.861. The van der Waals surface area contributed by atoms with Crippen molar-refractivity contribution in [1.82, 2.24) is 4.90 Å². The van der Waals surface area contributed by atoms with Gasteiger partial charge in [-0.05, 0) is 37.5 Å². The lowest BCUT2D eigenvalue weighted by molar-refractivity contribution is -0.142. The minimum atomic E-state index is -0.778. The molecule has 1 aromatic carbocycles. The lowest BCUT2D eigenvalue weighted by Crippen LogP contribution is -2.37. The summed E-state index contributed by atoms with van der Waals surface area (Å²) in [5, 5.41) is 9.20. The summed E-state index contributed by atoms with van der Waals surface area (Å²) in [6, 6.07) is 7.22. The lowest BCUT2D eigenvalue weighted by Gasteiger charge is -2.23. The number of rotatable bonds is 2. The van der Waals surface area contributed by atoms with Crippen LogP contribution < -0.4 is 0 Å². The number of carbonyl (C=O) groups is 2. The van der Waals surface area contributed by atoms with Crippen LogP contribution >= 0.6 is 15.9 Å². The molecule has 2 aliphatic rings. The minimum absolute atomic E-state index is 0.0439. The Morgan fingerprint density at radius 3 is 2.74 bits per heavy atom. The average Bonchev–Trinajstić information content (AvgIpc) is 2.95. The predicted molar refractivity (Wildman–Crippen MR) is 72.9 cm³/mol. The lowest BCUT2D eigenvalue weighted by atomic mass is 9.89. The number of carboxylic acids is 1. The molecule has 2 aliphatic heterocycles. The molecule has 1 N–H and O–H groups in total. The molecule has 2 bridgehead atoms. The maximum atomic E-state index is 12.5. The van der Waals surface area contributed by atoms with E-state index in [9.17, 15) is 14.7 Å². The van der Waals surface area contributed by atoms with Gasteiger partial charge in [0.25, 0.3) is 5.91 Å². The molecule has 0 aliphatic carbocycles. The van der Waals surface area contributed by atoms with Crippen LogP contribution in [0.15, 0.2) is 28.7 Å². The van der Waals surface area contributed by atoms with Crippen LogP contribution in [0.3, 0.4) is 0 Å². The van der Waals surface area contributed by atoms with E-state index in [-0.39, 0.29) is 18.0 Å². The zero-order valence-corrected chi connectivity index (χ0v) is 11.8. The molecule has 1 aromatic rings. The fourth-order valence-corrected chi connectivity index (χ4v) is 3.74. The summed E-state index contributed by atoms with van der Waals surface area (Å²) in [7, 11) is 0. The summed E-state index contributed by atoms with van der Waals surface area (Å²) in [5.41, 5.74) is 0.623. The molecule has 100 valence electrons. The van der Waals surface area contributed by atoms with Crippen LogP contribution in [0.4, 0.5) is 0 Å². The van der Waals surface area contributed by atoms with Crippen LogP contribution in [0, 0.1) is 5.92 Å². The van der Waals surface area contributed by atoms with Gasteiger partial charge in [-0.1, -0.05) is 22.0 Å². The number of hydrogen-bond acceptors (Lipinski definition) is 2. The molecule has 2 fully saturated rings. The third kappa shape index (κ3) is 2.06. The van der Waals surface area contributed by atoms with Gasteiger partial charge in [0.1, 0.15) is 0 Å². The molecule has 1 amide bonds. The van der Waals surface area contributed by atoms with E-state index in [0.717, 1.165) is 17.3 Å². The van der Waals surface area contributed by atoms with Gasteiger partial charge in [-0.2, -0.15) is 0 Å². The van der Waals surface area contributed by atoms with Crippen molar-refractivity contribution in [3.05, 3.63) is 34.3 Å². The first-order valence-electron chi connectivity index (χ1n) is 6.39. The van der Waals surface area contributed by atoms with E-state index in [1.807, 2.05) is 12.1 Å². The first kappa shape index (κ1) is 12.7. The van der Waals surface area contributed by atoms with Gasteiger partial charge in [0, 0.05) is 22.1 Å². The van der Waals surface area contributed by atoms with E-state index in [4.69, 9.17) is 0 Å². The van der Waals surface area contributed by atoms with E-state index in [1.54, 1.807) is 17.0 Å². The summed E-state index contributed by atoms with van der Waals surface area (Å²) in [6.07, 6.45) is 2.33. The largest absolute Gasteiger partial charge is 0.481 e. The highest BCUT2D eigenvalue weighted by Crippen LogP contribution is 2.42. The molecule has 3 unspecified atom stereocenters. The van der Waals surface area contributed by atoms with E-state index >= 15 is 0 Å². The van der Waals surface area contributed by atoms with Crippen LogP contribution in [0.5, 0.6) is 0 Å². The number of halogens is 1. The van der Waals surface area contributed by atoms with Gasteiger partial charge in [-0.25, -0.2) is 0 Å². The van der Waals surface area contributed by atoms with Gasteiger partial charge in [0.05, 0.1) is 5.92 Å². The highest BCUT2D eigenvalue weighted by atomic mass is 79.9. The number of fused-ring (bicyclic) bond motifs is 2. The van der Waals surface area contributed by atoms with Crippen molar-refractivity contribution in [2.24, 2.45) is 5.92 Å². The number of benzene rings is 1. The van der Waals surface area contributed by atoms with Crippen molar-refractivity contribution < 1.29 is 14.7 Å². The molecule has 0 spiro atoms. The number of nitrogens with zero attached hydrogens (tertiary/aromatic N) is 1. The zero-order valence-electron chi connectivity index (χ0n) is 10.3. The van der Waals surface area contributed by atoms with E-state index < -0.39 is 11.9 Å². The van der Waals surface area contributed by atoms with E-state index in [1.165, 1.54) is 0 Å². The van der Waals surface area contributed by atoms with Crippen LogP contribution in [0.2, 0.25) is 0 Å². The highest BCUT2D eigenvalue weighted by molar-refractivity contribution is 9.10. The summed E-state index contributed by atoms with van der Waals surface area (Å²) in [5.74, 6) is -1.22. The average molecular weight is 324 g/mol. The van der Waals surface area contributed by atoms with Gasteiger partial charge in [-0.15, -0.1) is 0 Å². The number of carboxylic acid groups (broad SMARTS) is 1. The second-order valence-corrected chi connectivity index (χ2v) is 6.12. The monoisotopic (exact) mass is 323 g/mol. The van der Waals surface area contributed by atoms with Crippen LogP contribution in [-0.4, -0.2) is 34.0 Å². The van der Waals surface area contributed by atoms with Crippen molar-refractivity contribution in [1.29, 1.82) is 0 Å². The number of hydrogen-bond donors (Lipinski definition) is 1. The molecule has 0 aromatic heterocycles. The van der Waals surface area contributed by atoms with Crippen LogP contribution in [-0.2, 0) is 4.79 Å². The summed E-state index contributed by atoms with van der Waals surface area (Å²) in [6.45, 7) is 0. The number of amides is 1. The first-order valence-corrected chi connectivity index (χ1v) is 7.18. The maximum absolute atomic E-state index is 12.5. The van der Waals surface area contributed by atoms with Gasteiger partial charge in [0.2, 0.25) is 0 Å².